The molecule has 1 aliphatic carbocycles. The summed E-state index contributed by atoms with van der Waals surface area (Å²) in [7, 11) is 2.07. The van der Waals surface area contributed by atoms with Crippen LogP contribution in [0.4, 0.5) is 0 Å². The number of pyridine rings is 1. The summed E-state index contributed by atoms with van der Waals surface area (Å²) in [6.07, 6.45) is 9.43. The lowest BCUT2D eigenvalue weighted by Gasteiger charge is -2.39. The van der Waals surface area contributed by atoms with Crippen molar-refractivity contribution in [2.45, 2.75) is 25.9 Å². The van der Waals surface area contributed by atoms with Crippen LogP contribution in [0, 0.1) is 11.8 Å². The molecule has 1 saturated heterocycles. The SMILES string of the molecule is CC1=CC[C@@H]2CO[C@@H](c3ccc[n+](C)c3)[C@H]1C2. The molecule has 0 aromatic carbocycles. The molecule has 3 atom stereocenters. The van der Waals surface area contributed by atoms with Crippen LogP contribution < -0.4 is 4.57 Å². The smallest absolute Gasteiger partial charge is 0.174 e. The maximum Gasteiger partial charge on any atom is 0.174 e. The highest BCUT2D eigenvalue weighted by atomic mass is 16.5. The predicted molar refractivity (Wildman–Crippen MR) is 66.3 cm³/mol. The van der Waals surface area contributed by atoms with Gasteiger partial charge in [0, 0.05) is 17.5 Å². The maximum atomic E-state index is 6.10. The Morgan fingerprint density at radius 1 is 1.41 bits per heavy atom. The van der Waals surface area contributed by atoms with Gasteiger partial charge in [-0.15, -0.1) is 0 Å². The zero-order valence-electron chi connectivity index (χ0n) is 10.6. The molecule has 0 radical (unpaired) electrons. The number of aryl methyl sites for hydroxylation is 1. The van der Waals surface area contributed by atoms with Gasteiger partial charge in [-0.3, -0.25) is 0 Å². The minimum absolute atomic E-state index is 0.259. The van der Waals surface area contributed by atoms with Gasteiger partial charge in [0.05, 0.1) is 12.7 Å². The third kappa shape index (κ3) is 2.02. The molecule has 2 heterocycles. The summed E-state index contributed by atoms with van der Waals surface area (Å²) in [5.41, 5.74) is 2.82. The molecule has 2 aliphatic rings. The van der Waals surface area contributed by atoms with Crippen LogP contribution in [0.15, 0.2) is 36.2 Å². The Morgan fingerprint density at radius 2 is 2.29 bits per heavy atom. The Balaban J connectivity index is 1.93. The first-order valence-electron chi connectivity index (χ1n) is 6.47. The van der Waals surface area contributed by atoms with Crippen molar-refractivity contribution in [3.05, 3.63) is 41.7 Å². The van der Waals surface area contributed by atoms with E-state index in [4.69, 9.17) is 4.74 Å². The number of fused-ring (bicyclic) bond motifs is 2. The van der Waals surface area contributed by atoms with Crippen LogP contribution in [-0.2, 0) is 11.8 Å². The largest absolute Gasteiger partial charge is 0.372 e. The topological polar surface area (TPSA) is 13.1 Å². The number of hydrogen-bond acceptors (Lipinski definition) is 1. The van der Waals surface area contributed by atoms with E-state index in [1.54, 1.807) is 0 Å². The van der Waals surface area contributed by atoms with Gasteiger partial charge in [0.1, 0.15) is 7.05 Å². The lowest BCUT2D eigenvalue weighted by Crippen LogP contribution is -2.34. The number of aromatic nitrogens is 1. The third-order valence-electron chi connectivity index (χ3n) is 4.11. The number of rotatable bonds is 1. The number of nitrogens with zero attached hydrogens (tertiary/aromatic N) is 1. The first-order chi connectivity index (χ1) is 8.24. The van der Waals surface area contributed by atoms with Gasteiger partial charge in [0.25, 0.3) is 0 Å². The van der Waals surface area contributed by atoms with Crippen molar-refractivity contribution < 1.29 is 9.30 Å². The summed E-state index contributed by atoms with van der Waals surface area (Å²) in [5.74, 6) is 1.34. The van der Waals surface area contributed by atoms with Gasteiger partial charge in [-0.05, 0) is 31.7 Å². The summed E-state index contributed by atoms with van der Waals surface area (Å²) < 4.78 is 8.21. The highest BCUT2D eigenvalue weighted by molar-refractivity contribution is 5.20. The van der Waals surface area contributed by atoms with Gasteiger partial charge in [0.2, 0.25) is 0 Å². The van der Waals surface area contributed by atoms with Gasteiger partial charge in [-0.2, -0.15) is 0 Å². The molecule has 2 nitrogen and oxygen atoms in total. The first kappa shape index (κ1) is 11.0. The molecule has 90 valence electrons. The quantitative estimate of drug-likeness (QED) is 0.534. The molecular weight excluding hydrogens is 210 g/mol. The second kappa shape index (κ2) is 4.26. The van der Waals surface area contributed by atoms with Crippen molar-refractivity contribution >= 4 is 0 Å². The fraction of sp³-hybridized carbons (Fsp3) is 0.533. The Kier molecular flexibility index (Phi) is 2.75. The molecular formula is C15H20NO+. The number of allylic oxidation sites excluding steroid dienone is 1. The zero-order chi connectivity index (χ0) is 11.8. The fourth-order valence-corrected chi connectivity index (χ4v) is 3.11. The molecule has 0 N–H and O–H groups in total. The average Bonchev–Trinajstić information content (AvgIpc) is 2.34. The van der Waals surface area contributed by atoms with Crippen molar-refractivity contribution in [2.75, 3.05) is 6.61 Å². The summed E-state index contributed by atoms with van der Waals surface area (Å²) in [4.78, 5) is 0. The molecule has 3 rings (SSSR count). The summed E-state index contributed by atoms with van der Waals surface area (Å²) in [6, 6.07) is 4.29. The molecule has 0 unspecified atom stereocenters. The predicted octanol–water partition coefficient (Wildman–Crippen LogP) is 2.55. The van der Waals surface area contributed by atoms with Crippen LogP contribution >= 0.6 is 0 Å². The van der Waals surface area contributed by atoms with E-state index in [1.807, 2.05) is 0 Å². The fourth-order valence-electron chi connectivity index (χ4n) is 3.11. The molecule has 2 heteroatoms. The maximum absolute atomic E-state index is 6.10. The lowest BCUT2D eigenvalue weighted by molar-refractivity contribution is -0.672. The van der Waals surface area contributed by atoms with E-state index >= 15 is 0 Å². The lowest BCUT2D eigenvalue weighted by atomic mass is 9.75. The third-order valence-corrected chi connectivity index (χ3v) is 4.11. The Hall–Kier alpha value is -1.15. The molecule has 0 spiro atoms. The van der Waals surface area contributed by atoms with Crippen molar-refractivity contribution in [1.82, 2.24) is 0 Å². The van der Waals surface area contributed by atoms with E-state index in [0.717, 1.165) is 12.5 Å². The van der Waals surface area contributed by atoms with Crippen LogP contribution in [-0.4, -0.2) is 6.61 Å². The first-order valence-corrected chi connectivity index (χ1v) is 6.47. The van der Waals surface area contributed by atoms with Crippen LogP contribution in [0.25, 0.3) is 0 Å². The van der Waals surface area contributed by atoms with Crippen molar-refractivity contribution in [1.29, 1.82) is 0 Å². The Bertz CT molecular complexity index is 452. The van der Waals surface area contributed by atoms with Crippen molar-refractivity contribution in [3.8, 4) is 0 Å². The van der Waals surface area contributed by atoms with E-state index in [2.05, 4.69) is 49.1 Å². The van der Waals surface area contributed by atoms with Gasteiger partial charge < -0.3 is 4.74 Å². The van der Waals surface area contributed by atoms with Gasteiger partial charge >= 0.3 is 0 Å². The van der Waals surface area contributed by atoms with Crippen LogP contribution in [0.3, 0.4) is 0 Å². The molecule has 0 amide bonds. The van der Waals surface area contributed by atoms with Crippen molar-refractivity contribution in [3.63, 3.8) is 0 Å². The van der Waals surface area contributed by atoms with E-state index < -0.39 is 0 Å². The van der Waals surface area contributed by atoms with E-state index in [1.165, 1.54) is 24.0 Å². The molecule has 17 heavy (non-hydrogen) atoms. The zero-order valence-corrected chi connectivity index (χ0v) is 10.6. The van der Waals surface area contributed by atoms with Gasteiger partial charge in [-0.1, -0.05) is 11.6 Å². The monoisotopic (exact) mass is 230 g/mol. The normalized spacial score (nSPS) is 32.1. The minimum Gasteiger partial charge on any atom is -0.372 e. The second-order valence-electron chi connectivity index (χ2n) is 5.45. The standard InChI is InChI=1S/C15H20NO/c1-11-5-6-12-8-14(11)15(17-10-12)13-4-3-7-16(2)9-13/h3-5,7,9,12,14-15H,6,8,10H2,1-2H3/q+1/t12-,14-,15-/m0/s1. The number of ether oxygens (including phenoxy) is 1. The van der Waals surface area contributed by atoms with E-state index in [0.29, 0.717) is 5.92 Å². The van der Waals surface area contributed by atoms with E-state index in [9.17, 15) is 0 Å². The minimum atomic E-state index is 0.259. The number of hydrogen-bond donors (Lipinski definition) is 0. The van der Waals surface area contributed by atoms with Crippen LogP contribution in [0.2, 0.25) is 0 Å². The molecule has 1 aromatic heterocycles. The van der Waals surface area contributed by atoms with Gasteiger partial charge in [-0.25, -0.2) is 4.57 Å². The average molecular weight is 230 g/mol. The van der Waals surface area contributed by atoms with Crippen molar-refractivity contribution in [2.24, 2.45) is 18.9 Å². The Labute approximate surface area is 103 Å². The summed E-state index contributed by atoms with van der Waals surface area (Å²) in [5, 5.41) is 0. The second-order valence-corrected chi connectivity index (χ2v) is 5.45. The molecule has 0 saturated carbocycles. The summed E-state index contributed by atoms with van der Waals surface area (Å²) in [6.45, 7) is 3.18. The molecule has 1 aliphatic heterocycles. The highest BCUT2D eigenvalue weighted by Gasteiger charge is 2.36. The van der Waals surface area contributed by atoms with E-state index in [-0.39, 0.29) is 6.10 Å². The molecule has 1 fully saturated rings. The van der Waals surface area contributed by atoms with Crippen LogP contribution in [0.1, 0.15) is 31.4 Å². The highest BCUT2D eigenvalue weighted by Crippen LogP contribution is 2.43. The summed E-state index contributed by atoms with van der Waals surface area (Å²) >= 11 is 0. The molecule has 2 bridgehead atoms. The molecule has 1 aromatic rings. The van der Waals surface area contributed by atoms with Gasteiger partial charge in [0.15, 0.2) is 12.4 Å². The Morgan fingerprint density at radius 3 is 3.12 bits per heavy atom. The van der Waals surface area contributed by atoms with Crippen LogP contribution in [0.5, 0.6) is 0 Å².